The molecule has 1 heteroatoms. The molecule has 1 nitrogen and oxygen atoms in total. The van der Waals surface area contributed by atoms with Crippen LogP contribution in [-0.4, -0.2) is 14.1 Å². The minimum atomic E-state index is 1.07. The topological polar surface area (TPSA) is 3.24 Å². The van der Waals surface area contributed by atoms with Crippen molar-refractivity contribution in [3.05, 3.63) is 29.8 Å². The monoisotopic (exact) mass is 189 g/mol. The molecule has 1 rings (SSSR count). The van der Waals surface area contributed by atoms with Crippen molar-refractivity contribution in [2.75, 3.05) is 19.0 Å². The highest BCUT2D eigenvalue weighted by Crippen LogP contribution is 2.11. The van der Waals surface area contributed by atoms with Crippen LogP contribution in [0.2, 0.25) is 0 Å². The Hall–Kier alpha value is -1.42. The van der Waals surface area contributed by atoms with Crippen LogP contribution in [0.15, 0.2) is 24.3 Å². The highest BCUT2D eigenvalue weighted by Gasteiger charge is 1.92. The van der Waals surface area contributed by atoms with Gasteiger partial charge in [-0.1, -0.05) is 19.8 Å². The van der Waals surface area contributed by atoms with Crippen LogP contribution in [0.3, 0.4) is 0 Å². The lowest BCUT2D eigenvalue weighted by molar-refractivity contribution is 1.13. The number of nitrogens with zero attached hydrogens (tertiary/aromatic N) is 1. The number of benzene rings is 1. The molecule has 0 saturated heterocycles. The summed E-state index contributed by atoms with van der Waals surface area (Å²) in [5.41, 5.74) is 2.28. The summed E-state index contributed by atoms with van der Waals surface area (Å²) in [5, 5.41) is 0. The average Bonchev–Trinajstić information content (AvgIpc) is 2.22. The molecule has 0 radical (unpaired) electrons. The zero-order valence-electron chi connectivity index (χ0n) is 9.76. The predicted molar refractivity (Wildman–Crippen MR) is 64.7 cm³/mol. The molecule has 0 unspecified atom stereocenters. The molecule has 1 aromatic rings. The van der Waals surface area contributed by atoms with Gasteiger partial charge in [-0.25, -0.2) is 0 Å². The van der Waals surface area contributed by atoms with Crippen LogP contribution in [0, 0.1) is 11.8 Å². The predicted octanol–water partition coefficient (Wildman–Crippen LogP) is 3.15. The zero-order valence-corrected chi connectivity index (χ0v) is 9.76. The molecule has 0 fully saturated rings. The third-order valence-corrected chi connectivity index (χ3v) is 1.65. The van der Waals surface area contributed by atoms with E-state index in [4.69, 9.17) is 0 Å². The fraction of sp³-hybridized carbons (Fsp3) is 0.385. The third kappa shape index (κ3) is 4.00. The molecule has 0 bridgehead atoms. The lowest BCUT2D eigenvalue weighted by Crippen LogP contribution is -2.07. The molecule has 0 N–H and O–H groups in total. The fourth-order valence-electron chi connectivity index (χ4n) is 0.987. The van der Waals surface area contributed by atoms with Gasteiger partial charge in [0.25, 0.3) is 0 Å². The summed E-state index contributed by atoms with van der Waals surface area (Å²) in [7, 11) is 4.06. The van der Waals surface area contributed by atoms with Crippen molar-refractivity contribution >= 4 is 5.69 Å². The number of rotatable bonds is 1. The van der Waals surface area contributed by atoms with E-state index in [9.17, 15) is 0 Å². The minimum absolute atomic E-state index is 1.07. The maximum atomic E-state index is 3.01. The van der Waals surface area contributed by atoms with E-state index < -0.39 is 0 Å². The summed E-state index contributed by atoms with van der Waals surface area (Å²) in [6, 6.07) is 8.21. The maximum absolute atomic E-state index is 3.01. The molecule has 0 spiro atoms. The Morgan fingerprint density at radius 2 is 1.50 bits per heavy atom. The molecule has 0 aromatic heterocycles. The van der Waals surface area contributed by atoms with Crippen LogP contribution < -0.4 is 4.90 Å². The second-order valence-corrected chi connectivity index (χ2v) is 2.82. The molecule has 1 aromatic carbocycles. The molecule has 0 heterocycles. The van der Waals surface area contributed by atoms with E-state index in [1.807, 2.05) is 47.0 Å². The lowest BCUT2D eigenvalue weighted by Gasteiger charge is -2.11. The van der Waals surface area contributed by atoms with Gasteiger partial charge in [0.1, 0.15) is 0 Å². The van der Waals surface area contributed by atoms with Gasteiger partial charge in [0.05, 0.1) is 0 Å². The van der Waals surface area contributed by atoms with Gasteiger partial charge < -0.3 is 4.90 Å². The van der Waals surface area contributed by atoms with E-state index in [1.165, 1.54) is 5.69 Å². The van der Waals surface area contributed by atoms with E-state index in [0.717, 1.165) is 5.56 Å². The van der Waals surface area contributed by atoms with Crippen molar-refractivity contribution in [2.45, 2.75) is 20.8 Å². The van der Waals surface area contributed by atoms with E-state index >= 15 is 0 Å². The van der Waals surface area contributed by atoms with Gasteiger partial charge in [-0.3, -0.25) is 0 Å². The molecular weight excluding hydrogens is 170 g/mol. The van der Waals surface area contributed by atoms with Crippen LogP contribution in [0.1, 0.15) is 26.3 Å². The first kappa shape index (κ1) is 12.6. The van der Waals surface area contributed by atoms with Crippen molar-refractivity contribution in [1.82, 2.24) is 0 Å². The van der Waals surface area contributed by atoms with Gasteiger partial charge in [-0.15, -0.1) is 5.92 Å². The highest BCUT2D eigenvalue weighted by atomic mass is 15.1. The summed E-state index contributed by atoms with van der Waals surface area (Å²) in [6.45, 7) is 5.85. The van der Waals surface area contributed by atoms with Crippen LogP contribution in [0.4, 0.5) is 5.69 Å². The second-order valence-electron chi connectivity index (χ2n) is 2.82. The van der Waals surface area contributed by atoms with Crippen molar-refractivity contribution in [3.8, 4) is 11.8 Å². The molecule has 0 aliphatic heterocycles. The Balaban J connectivity index is 0.000000791. The highest BCUT2D eigenvalue weighted by molar-refractivity contribution is 5.49. The molecule has 0 saturated carbocycles. The number of anilines is 1. The first-order valence-electron chi connectivity index (χ1n) is 4.94. The molecule has 76 valence electrons. The van der Waals surface area contributed by atoms with Crippen LogP contribution in [0.5, 0.6) is 0 Å². The Morgan fingerprint density at radius 1 is 1.00 bits per heavy atom. The van der Waals surface area contributed by atoms with Gasteiger partial charge in [-0.05, 0) is 31.2 Å². The zero-order chi connectivity index (χ0) is 11.0. The number of hydrogen-bond acceptors (Lipinski definition) is 1. The van der Waals surface area contributed by atoms with Crippen molar-refractivity contribution in [1.29, 1.82) is 0 Å². The molecule has 0 atom stereocenters. The van der Waals surface area contributed by atoms with Crippen molar-refractivity contribution in [2.24, 2.45) is 0 Å². The van der Waals surface area contributed by atoms with Crippen molar-refractivity contribution < 1.29 is 0 Å². The summed E-state index contributed by atoms with van der Waals surface area (Å²) in [4.78, 5) is 2.07. The number of hydrogen-bond donors (Lipinski definition) is 0. The Bertz CT molecular complexity index is 298. The molecule has 0 aliphatic rings. The van der Waals surface area contributed by atoms with Gasteiger partial charge in [-0.2, -0.15) is 0 Å². The van der Waals surface area contributed by atoms with E-state index in [-0.39, 0.29) is 0 Å². The third-order valence-electron chi connectivity index (χ3n) is 1.65. The quantitative estimate of drug-likeness (QED) is 0.613. The van der Waals surface area contributed by atoms with E-state index in [0.29, 0.717) is 0 Å². The Morgan fingerprint density at radius 3 is 1.86 bits per heavy atom. The van der Waals surface area contributed by atoms with Crippen LogP contribution in [-0.2, 0) is 0 Å². The summed E-state index contributed by atoms with van der Waals surface area (Å²) in [5.74, 6) is 5.87. The lowest BCUT2D eigenvalue weighted by atomic mass is 10.2. The van der Waals surface area contributed by atoms with Gasteiger partial charge in [0, 0.05) is 25.3 Å². The smallest absolute Gasteiger partial charge is 0.0361 e. The normalized spacial score (nSPS) is 7.79. The summed E-state index contributed by atoms with van der Waals surface area (Å²) < 4.78 is 0. The molecule has 0 amide bonds. The fourth-order valence-corrected chi connectivity index (χ4v) is 0.987. The standard InChI is InChI=1S/C11H13N.C2H6/c1-4-5-10-6-8-11(9-7-10)12(2)3;1-2/h6-9H,1-3H3;1-2H3. The Kier molecular flexibility index (Phi) is 6.32. The van der Waals surface area contributed by atoms with Gasteiger partial charge in [0.15, 0.2) is 0 Å². The second kappa shape index (κ2) is 7.03. The van der Waals surface area contributed by atoms with Crippen LogP contribution >= 0.6 is 0 Å². The summed E-state index contributed by atoms with van der Waals surface area (Å²) in [6.07, 6.45) is 0. The minimum Gasteiger partial charge on any atom is -0.378 e. The van der Waals surface area contributed by atoms with Gasteiger partial charge in [0.2, 0.25) is 0 Å². The maximum Gasteiger partial charge on any atom is 0.0361 e. The van der Waals surface area contributed by atoms with E-state index in [2.05, 4.69) is 28.9 Å². The SMILES string of the molecule is CC.CC#Cc1ccc(N(C)C)cc1. The Labute approximate surface area is 87.8 Å². The average molecular weight is 189 g/mol. The first-order valence-corrected chi connectivity index (χ1v) is 4.94. The van der Waals surface area contributed by atoms with Gasteiger partial charge >= 0.3 is 0 Å². The molecule has 14 heavy (non-hydrogen) atoms. The van der Waals surface area contributed by atoms with Crippen molar-refractivity contribution in [3.63, 3.8) is 0 Å². The molecular formula is C13H19N. The summed E-state index contributed by atoms with van der Waals surface area (Å²) >= 11 is 0. The first-order chi connectivity index (χ1) is 6.74. The molecule has 0 aliphatic carbocycles. The van der Waals surface area contributed by atoms with E-state index in [1.54, 1.807) is 0 Å². The van der Waals surface area contributed by atoms with Crippen LogP contribution in [0.25, 0.3) is 0 Å². The largest absolute Gasteiger partial charge is 0.378 e.